The zero-order valence-corrected chi connectivity index (χ0v) is 13.5. The highest BCUT2D eigenvalue weighted by atomic mass is 16.5. The van der Waals surface area contributed by atoms with Crippen molar-refractivity contribution in [2.75, 3.05) is 19.0 Å². The van der Waals surface area contributed by atoms with Crippen LogP contribution in [-0.2, 0) is 11.3 Å². The summed E-state index contributed by atoms with van der Waals surface area (Å²) in [6.07, 6.45) is 1.47. The third-order valence-corrected chi connectivity index (χ3v) is 3.48. The van der Waals surface area contributed by atoms with E-state index in [0.717, 1.165) is 11.3 Å². The lowest BCUT2D eigenvalue weighted by atomic mass is 10.2. The minimum atomic E-state index is -0.440. The number of rotatable bonds is 6. The Morgan fingerprint density at radius 2 is 2.00 bits per heavy atom. The molecule has 7 heteroatoms. The highest BCUT2D eigenvalue weighted by molar-refractivity contribution is 5.88. The van der Waals surface area contributed by atoms with E-state index in [2.05, 4.69) is 15.4 Å². The summed E-state index contributed by atoms with van der Waals surface area (Å²) in [7, 11) is 1.64. The highest BCUT2D eigenvalue weighted by Gasteiger charge is 2.14. The van der Waals surface area contributed by atoms with E-state index < -0.39 is 5.97 Å². The minimum absolute atomic E-state index is 0.306. The van der Waals surface area contributed by atoms with Crippen molar-refractivity contribution in [1.29, 1.82) is 0 Å². The molecule has 0 bridgehead atoms. The van der Waals surface area contributed by atoms with Gasteiger partial charge in [0.25, 0.3) is 0 Å². The normalized spacial score (nSPS) is 10.6. The number of imidazole rings is 1. The Kier molecular flexibility index (Phi) is 4.60. The number of anilines is 1. The van der Waals surface area contributed by atoms with Gasteiger partial charge in [-0.1, -0.05) is 12.1 Å². The van der Waals surface area contributed by atoms with Gasteiger partial charge >= 0.3 is 5.97 Å². The van der Waals surface area contributed by atoms with Crippen LogP contribution in [0.5, 0.6) is 5.75 Å². The largest absolute Gasteiger partial charge is 0.497 e. The monoisotopic (exact) mass is 326 g/mol. The second kappa shape index (κ2) is 6.99. The molecule has 124 valence electrons. The number of fused-ring (bicyclic) bond motifs is 1. The van der Waals surface area contributed by atoms with E-state index in [1.165, 1.54) is 10.7 Å². The first-order chi connectivity index (χ1) is 11.7. The summed E-state index contributed by atoms with van der Waals surface area (Å²) >= 11 is 0. The fourth-order valence-corrected chi connectivity index (χ4v) is 2.25. The van der Waals surface area contributed by atoms with Crippen molar-refractivity contribution in [2.24, 2.45) is 0 Å². The Balaban J connectivity index is 1.76. The number of nitrogens with zero attached hydrogens (tertiary/aromatic N) is 3. The zero-order chi connectivity index (χ0) is 16.9. The number of aromatic nitrogens is 3. The summed E-state index contributed by atoms with van der Waals surface area (Å²) in [5, 5.41) is 7.63. The molecule has 0 fully saturated rings. The molecule has 2 aromatic heterocycles. The number of esters is 1. The fraction of sp³-hybridized carbons (Fsp3) is 0.235. The average Bonchev–Trinajstić information content (AvgIpc) is 3.04. The van der Waals surface area contributed by atoms with Crippen molar-refractivity contribution in [2.45, 2.75) is 13.5 Å². The standard InChI is InChI=1S/C17H18N4O3/c1-3-24-17(22)14-11-19-16-9-8-15(20-21(14)16)18-10-12-4-6-13(23-2)7-5-12/h4-9,11H,3,10H2,1-2H3,(H,18,20). The maximum absolute atomic E-state index is 11.9. The van der Waals surface area contributed by atoms with Crippen LogP contribution >= 0.6 is 0 Å². The number of carbonyl (C=O) groups is 1. The van der Waals surface area contributed by atoms with Crippen LogP contribution < -0.4 is 10.1 Å². The van der Waals surface area contributed by atoms with Gasteiger partial charge in [0.2, 0.25) is 0 Å². The Hall–Kier alpha value is -3.09. The van der Waals surface area contributed by atoms with Gasteiger partial charge in [-0.05, 0) is 36.8 Å². The van der Waals surface area contributed by atoms with Crippen LogP contribution in [0.3, 0.4) is 0 Å². The summed E-state index contributed by atoms with van der Waals surface area (Å²) in [6, 6.07) is 11.4. The van der Waals surface area contributed by atoms with Crippen molar-refractivity contribution in [1.82, 2.24) is 14.6 Å². The first-order valence-electron chi connectivity index (χ1n) is 7.60. The van der Waals surface area contributed by atoms with Crippen LogP contribution in [0.2, 0.25) is 0 Å². The molecule has 0 aliphatic heterocycles. The minimum Gasteiger partial charge on any atom is -0.497 e. The molecule has 0 spiro atoms. The molecule has 0 radical (unpaired) electrons. The fourth-order valence-electron chi connectivity index (χ4n) is 2.25. The lowest BCUT2D eigenvalue weighted by Gasteiger charge is -2.07. The molecule has 0 saturated carbocycles. The Morgan fingerprint density at radius 3 is 2.71 bits per heavy atom. The van der Waals surface area contributed by atoms with Crippen molar-refractivity contribution in [3.63, 3.8) is 0 Å². The molecule has 0 aliphatic carbocycles. The van der Waals surface area contributed by atoms with Gasteiger partial charge in [0.15, 0.2) is 11.3 Å². The van der Waals surface area contributed by atoms with Gasteiger partial charge in [0, 0.05) is 6.54 Å². The van der Waals surface area contributed by atoms with Crippen LogP contribution in [0.25, 0.3) is 5.65 Å². The second-order valence-electron chi connectivity index (χ2n) is 5.05. The predicted molar refractivity (Wildman–Crippen MR) is 89.3 cm³/mol. The molecule has 3 aromatic rings. The third kappa shape index (κ3) is 3.29. The molecule has 1 N–H and O–H groups in total. The van der Waals surface area contributed by atoms with Gasteiger partial charge in [-0.15, -0.1) is 5.10 Å². The Bertz CT molecular complexity index is 843. The predicted octanol–water partition coefficient (Wildman–Crippen LogP) is 2.53. The van der Waals surface area contributed by atoms with Crippen molar-refractivity contribution >= 4 is 17.4 Å². The van der Waals surface area contributed by atoms with Crippen LogP contribution in [0.1, 0.15) is 23.0 Å². The van der Waals surface area contributed by atoms with E-state index >= 15 is 0 Å². The quantitative estimate of drug-likeness (QED) is 0.701. The summed E-state index contributed by atoms with van der Waals surface area (Å²) in [4.78, 5) is 16.1. The van der Waals surface area contributed by atoms with Crippen LogP contribution in [-0.4, -0.2) is 34.3 Å². The zero-order valence-electron chi connectivity index (χ0n) is 13.5. The van der Waals surface area contributed by atoms with Crippen molar-refractivity contribution in [3.8, 4) is 5.75 Å². The number of carbonyl (C=O) groups excluding carboxylic acids is 1. The van der Waals surface area contributed by atoms with Gasteiger partial charge < -0.3 is 14.8 Å². The molecule has 0 saturated heterocycles. The molecular formula is C17H18N4O3. The van der Waals surface area contributed by atoms with E-state index in [4.69, 9.17) is 9.47 Å². The summed E-state index contributed by atoms with van der Waals surface area (Å²) in [5.41, 5.74) is 1.99. The van der Waals surface area contributed by atoms with Crippen LogP contribution in [0.15, 0.2) is 42.6 Å². The molecule has 1 aromatic carbocycles. The van der Waals surface area contributed by atoms with Crippen LogP contribution in [0, 0.1) is 0 Å². The lowest BCUT2D eigenvalue weighted by molar-refractivity contribution is 0.0517. The molecular weight excluding hydrogens is 308 g/mol. The molecule has 0 unspecified atom stereocenters. The topological polar surface area (TPSA) is 77.8 Å². The van der Waals surface area contributed by atoms with Gasteiger partial charge in [0.1, 0.15) is 11.6 Å². The summed E-state index contributed by atoms with van der Waals surface area (Å²) in [6.45, 7) is 2.67. The number of nitrogens with one attached hydrogen (secondary N) is 1. The Labute approximate surface area is 139 Å². The van der Waals surface area contributed by atoms with Gasteiger partial charge in [-0.25, -0.2) is 14.3 Å². The van der Waals surface area contributed by atoms with E-state index in [0.29, 0.717) is 30.3 Å². The van der Waals surface area contributed by atoms with E-state index in [1.54, 1.807) is 20.1 Å². The molecule has 2 heterocycles. The first-order valence-corrected chi connectivity index (χ1v) is 7.60. The molecule has 7 nitrogen and oxygen atoms in total. The molecule has 24 heavy (non-hydrogen) atoms. The van der Waals surface area contributed by atoms with Gasteiger partial charge in [-0.3, -0.25) is 0 Å². The first kappa shape index (κ1) is 15.8. The maximum atomic E-state index is 11.9. The van der Waals surface area contributed by atoms with E-state index in [-0.39, 0.29) is 0 Å². The number of benzene rings is 1. The van der Waals surface area contributed by atoms with E-state index in [9.17, 15) is 4.79 Å². The number of hydrogen-bond donors (Lipinski definition) is 1. The summed E-state index contributed by atoms with van der Waals surface area (Å²) < 4.78 is 11.6. The van der Waals surface area contributed by atoms with Crippen molar-refractivity contribution < 1.29 is 14.3 Å². The molecule has 0 atom stereocenters. The van der Waals surface area contributed by atoms with Crippen LogP contribution in [0.4, 0.5) is 5.82 Å². The van der Waals surface area contributed by atoms with E-state index in [1.807, 2.05) is 30.3 Å². The molecule has 3 rings (SSSR count). The third-order valence-electron chi connectivity index (χ3n) is 3.48. The number of hydrogen-bond acceptors (Lipinski definition) is 6. The van der Waals surface area contributed by atoms with Crippen molar-refractivity contribution in [3.05, 3.63) is 53.9 Å². The lowest BCUT2D eigenvalue weighted by Crippen LogP contribution is -2.11. The maximum Gasteiger partial charge on any atom is 0.358 e. The van der Waals surface area contributed by atoms with Gasteiger partial charge in [0.05, 0.1) is 19.9 Å². The molecule has 0 aliphatic rings. The number of methoxy groups -OCH3 is 1. The summed E-state index contributed by atoms with van der Waals surface area (Å²) in [5.74, 6) is 1.02. The highest BCUT2D eigenvalue weighted by Crippen LogP contribution is 2.14. The Morgan fingerprint density at radius 1 is 1.21 bits per heavy atom. The smallest absolute Gasteiger partial charge is 0.358 e. The molecule has 0 amide bonds. The van der Waals surface area contributed by atoms with Gasteiger partial charge in [-0.2, -0.15) is 0 Å². The average molecular weight is 326 g/mol. The number of ether oxygens (including phenoxy) is 2. The SMILES string of the molecule is CCOC(=O)c1cnc2ccc(NCc3ccc(OC)cc3)nn12. The second-order valence-corrected chi connectivity index (χ2v) is 5.05.